The smallest absolute Gasteiger partial charge is 0.342 e. The SMILES string of the molecule is CCSc1nc(N2CCOCC2)cc(OC)c1C(=O)NCc1cccc(F)c1.COc1cc(Cl)nc(Cl)c1C(=O)O. The molecule has 0 unspecified atom stereocenters. The molecule has 41 heavy (non-hydrogen) atoms. The lowest BCUT2D eigenvalue weighted by atomic mass is 10.2. The van der Waals surface area contributed by atoms with Crippen LogP contribution in [0.4, 0.5) is 10.2 Å². The van der Waals surface area contributed by atoms with E-state index in [1.165, 1.54) is 37.1 Å². The molecule has 1 aliphatic heterocycles. The van der Waals surface area contributed by atoms with Gasteiger partial charge >= 0.3 is 5.97 Å². The van der Waals surface area contributed by atoms with Crippen LogP contribution in [-0.4, -0.2) is 73.2 Å². The van der Waals surface area contributed by atoms with Crippen molar-refractivity contribution in [3.63, 3.8) is 0 Å². The van der Waals surface area contributed by atoms with Gasteiger partial charge in [-0.2, -0.15) is 0 Å². The van der Waals surface area contributed by atoms with Gasteiger partial charge in [0.2, 0.25) is 0 Å². The molecule has 0 saturated carbocycles. The molecule has 0 atom stereocenters. The van der Waals surface area contributed by atoms with E-state index in [0.29, 0.717) is 35.1 Å². The summed E-state index contributed by atoms with van der Waals surface area (Å²) >= 11 is 12.6. The lowest BCUT2D eigenvalue weighted by Gasteiger charge is -2.28. The van der Waals surface area contributed by atoms with E-state index in [2.05, 4.69) is 15.2 Å². The summed E-state index contributed by atoms with van der Waals surface area (Å²) in [4.78, 5) is 34.0. The van der Waals surface area contributed by atoms with Gasteiger partial charge in [-0.25, -0.2) is 19.2 Å². The summed E-state index contributed by atoms with van der Waals surface area (Å²) in [6, 6.07) is 9.24. The first-order valence-electron chi connectivity index (χ1n) is 12.4. The van der Waals surface area contributed by atoms with Crippen LogP contribution in [0.2, 0.25) is 10.3 Å². The van der Waals surface area contributed by atoms with Crippen molar-refractivity contribution in [2.24, 2.45) is 0 Å². The van der Waals surface area contributed by atoms with Crippen molar-refractivity contribution in [3.05, 3.63) is 69.2 Å². The van der Waals surface area contributed by atoms with E-state index < -0.39 is 5.97 Å². The van der Waals surface area contributed by atoms with Gasteiger partial charge in [-0.3, -0.25) is 4.79 Å². The van der Waals surface area contributed by atoms with E-state index >= 15 is 0 Å². The predicted octanol–water partition coefficient (Wildman–Crippen LogP) is 5.20. The molecule has 10 nitrogen and oxygen atoms in total. The van der Waals surface area contributed by atoms with E-state index in [1.54, 1.807) is 25.3 Å². The molecular formula is C27H29Cl2FN4O6S. The van der Waals surface area contributed by atoms with Crippen LogP contribution >= 0.6 is 35.0 Å². The van der Waals surface area contributed by atoms with Crippen LogP contribution in [0.5, 0.6) is 11.5 Å². The molecule has 1 amide bonds. The van der Waals surface area contributed by atoms with E-state index in [1.807, 2.05) is 6.92 Å². The van der Waals surface area contributed by atoms with Gasteiger partial charge in [-0.15, -0.1) is 11.8 Å². The van der Waals surface area contributed by atoms with Crippen LogP contribution in [0, 0.1) is 5.82 Å². The molecule has 2 aromatic heterocycles. The Balaban J connectivity index is 0.000000298. The Morgan fingerprint density at radius 1 is 1.10 bits per heavy atom. The first kappa shape index (κ1) is 32.2. The van der Waals surface area contributed by atoms with Gasteiger partial charge in [-0.05, 0) is 23.4 Å². The Hall–Kier alpha value is -3.32. The number of aromatic carboxylic acids is 1. The van der Waals surface area contributed by atoms with Gasteiger partial charge in [-0.1, -0.05) is 42.3 Å². The molecule has 220 valence electrons. The summed E-state index contributed by atoms with van der Waals surface area (Å²) < 4.78 is 29.1. The monoisotopic (exact) mass is 626 g/mol. The number of anilines is 1. The normalized spacial score (nSPS) is 12.7. The number of carboxylic acid groups (broad SMARTS) is 1. The summed E-state index contributed by atoms with van der Waals surface area (Å²) in [5, 5.41) is 12.1. The third-order valence-corrected chi connectivity index (χ3v) is 7.01. The molecular weight excluding hydrogens is 598 g/mol. The molecule has 3 heterocycles. The van der Waals surface area contributed by atoms with Crippen LogP contribution in [0.3, 0.4) is 0 Å². The number of ether oxygens (including phenoxy) is 3. The van der Waals surface area contributed by atoms with Gasteiger partial charge in [0.05, 0.1) is 27.4 Å². The summed E-state index contributed by atoms with van der Waals surface area (Å²) in [6.45, 7) is 5.02. The van der Waals surface area contributed by atoms with Crippen molar-refractivity contribution in [1.82, 2.24) is 15.3 Å². The summed E-state index contributed by atoms with van der Waals surface area (Å²) in [5.74, 6) is 0.291. The summed E-state index contributed by atoms with van der Waals surface area (Å²) in [7, 11) is 2.87. The Bertz CT molecular complexity index is 1380. The summed E-state index contributed by atoms with van der Waals surface area (Å²) in [6.07, 6.45) is 0. The first-order chi connectivity index (χ1) is 19.7. The van der Waals surface area contributed by atoms with Crippen molar-refractivity contribution >= 4 is 52.7 Å². The number of hydrogen-bond acceptors (Lipinski definition) is 9. The van der Waals surface area contributed by atoms with Gasteiger partial charge in [0.15, 0.2) is 0 Å². The largest absolute Gasteiger partial charge is 0.496 e. The van der Waals surface area contributed by atoms with E-state index in [4.69, 9.17) is 47.5 Å². The third-order valence-electron chi connectivity index (χ3n) is 5.68. The number of benzene rings is 1. The maximum Gasteiger partial charge on any atom is 0.342 e. The van der Waals surface area contributed by atoms with Gasteiger partial charge in [0, 0.05) is 31.8 Å². The Morgan fingerprint density at radius 3 is 2.39 bits per heavy atom. The number of carbonyl (C=O) groups is 2. The van der Waals surface area contributed by atoms with Crippen molar-refractivity contribution in [2.45, 2.75) is 18.5 Å². The van der Waals surface area contributed by atoms with E-state index in [0.717, 1.165) is 24.7 Å². The number of methoxy groups -OCH3 is 2. The highest BCUT2D eigenvalue weighted by Crippen LogP contribution is 2.33. The number of pyridine rings is 2. The molecule has 4 rings (SSSR count). The number of rotatable bonds is 9. The second-order valence-electron chi connectivity index (χ2n) is 8.33. The van der Waals surface area contributed by atoms with Crippen LogP contribution in [0.1, 0.15) is 33.2 Å². The third kappa shape index (κ3) is 8.83. The topological polar surface area (TPSA) is 123 Å². The quantitative estimate of drug-likeness (QED) is 0.242. The molecule has 0 radical (unpaired) electrons. The number of nitrogens with one attached hydrogen (secondary N) is 1. The Morgan fingerprint density at radius 2 is 1.78 bits per heavy atom. The first-order valence-corrected chi connectivity index (χ1v) is 14.1. The van der Waals surface area contributed by atoms with Gasteiger partial charge < -0.3 is 29.5 Å². The molecule has 3 aromatic rings. The van der Waals surface area contributed by atoms with Crippen LogP contribution in [-0.2, 0) is 11.3 Å². The number of hydrogen-bond donors (Lipinski definition) is 2. The predicted molar refractivity (Wildman–Crippen MR) is 156 cm³/mol. The van der Waals surface area contributed by atoms with Crippen molar-refractivity contribution in [1.29, 1.82) is 0 Å². The minimum atomic E-state index is -1.20. The van der Waals surface area contributed by atoms with Crippen molar-refractivity contribution in [2.75, 3.05) is 51.2 Å². The van der Waals surface area contributed by atoms with Crippen molar-refractivity contribution < 1.29 is 33.3 Å². The zero-order chi connectivity index (χ0) is 29.9. The number of halogens is 3. The zero-order valence-corrected chi connectivity index (χ0v) is 24.9. The lowest BCUT2D eigenvalue weighted by Crippen LogP contribution is -2.37. The fourth-order valence-corrected chi connectivity index (χ4v) is 5.05. The van der Waals surface area contributed by atoms with Crippen LogP contribution < -0.4 is 19.7 Å². The average molecular weight is 628 g/mol. The van der Waals surface area contributed by atoms with E-state index in [-0.39, 0.29) is 39.9 Å². The number of nitrogens with zero attached hydrogens (tertiary/aromatic N) is 3. The highest BCUT2D eigenvalue weighted by Gasteiger charge is 2.23. The maximum absolute atomic E-state index is 13.4. The molecule has 0 aliphatic carbocycles. The standard InChI is InChI=1S/C20H24FN3O3S.C7H5Cl2NO3/c1-3-28-20-18(19(25)22-13-14-5-4-6-15(21)11-14)16(26-2)12-17(23-20)24-7-9-27-10-8-24;1-13-3-2-4(8)10-6(9)5(3)7(11)12/h4-6,11-12H,3,7-10,13H2,1-2H3,(H,22,25);2H,1H3,(H,11,12). The average Bonchev–Trinajstić information content (AvgIpc) is 2.95. The number of amides is 1. The maximum atomic E-state index is 13.4. The number of morpholine rings is 1. The Kier molecular flexibility index (Phi) is 12.3. The molecule has 1 aliphatic rings. The second-order valence-corrected chi connectivity index (χ2v) is 10.3. The van der Waals surface area contributed by atoms with Crippen LogP contribution in [0.15, 0.2) is 41.4 Å². The molecule has 0 bridgehead atoms. The molecule has 1 fully saturated rings. The number of carboxylic acids is 1. The second kappa shape index (κ2) is 15.6. The zero-order valence-electron chi connectivity index (χ0n) is 22.6. The van der Waals surface area contributed by atoms with Crippen molar-refractivity contribution in [3.8, 4) is 11.5 Å². The van der Waals surface area contributed by atoms with Gasteiger partial charge in [0.1, 0.15) is 49.6 Å². The van der Waals surface area contributed by atoms with Gasteiger partial charge in [0.25, 0.3) is 5.91 Å². The fourth-order valence-electron chi connectivity index (χ4n) is 3.79. The number of thioether (sulfide) groups is 1. The van der Waals surface area contributed by atoms with Crippen LogP contribution in [0.25, 0.3) is 0 Å². The minimum Gasteiger partial charge on any atom is -0.496 e. The molecule has 0 spiro atoms. The molecule has 2 N–H and O–H groups in total. The number of aromatic nitrogens is 2. The molecule has 14 heteroatoms. The lowest BCUT2D eigenvalue weighted by molar-refractivity contribution is 0.0692. The Labute approximate surface area is 251 Å². The highest BCUT2D eigenvalue weighted by atomic mass is 35.5. The molecule has 1 saturated heterocycles. The number of carbonyl (C=O) groups excluding carboxylic acids is 1. The summed E-state index contributed by atoms with van der Waals surface area (Å²) in [5.41, 5.74) is 0.909. The van der Waals surface area contributed by atoms with E-state index in [9.17, 15) is 14.0 Å². The molecule has 1 aromatic carbocycles. The fraction of sp³-hybridized carbons (Fsp3) is 0.333. The highest BCUT2D eigenvalue weighted by molar-refractivity contribution is 7.99. The minimum absolute atomic E-state index is 0.0897.